The molecule has 0 atom stereocenters. The van der Waals surface area contributed by atoms with E-state index in [-0.39, 0.29) is 12.5 Å². The molecule has 0 aromatic heterocycles. The highest BCUT2D eigenvalue weighted by Gasteiger charge is 2.28. The van der Waals surface area contributed by atoms with Gasteiger partial charge in [-0.3, -0.25) is 13.9 Å². The molecule has 1 aliphatic rings. The van der Waals surface area contributed by atoms with Crippen LogP contribution in [0.4, 0.5) is 17.1 Å². The van der Waals surface area contributed by atoms with Gasteiger partial charge in [-0.25, -0.2) is 8.42 Å². The smallest absolute Gasteiger partial charge is 0.258 e. The van der Waals surface area contributed by atoms with Crippen LogP contribution in [-0.2, 0) is 19.6 Å². The van der Waals surface area contributed by atoms with Crippen molar-refractivity contribution in [1.29, 1.82) is 0 Å². The Kier molecular flexibility index (Phi) is 6.38. The summed E-state index contributed by atoms with van der Waals surface area (Å²) in [5, 5.41) is 8.66. The maximum atomic E-state index is 13.0. The minimum Gasteiger partial charge on any atom is -0.358 e. The van der Waals surface area contributed by atoms with Crippen molar-refractivity contribution in [3.8, 4) is 0 Å². The summed E-state index contributed by atoms with van der Waals surface area (Å²) < 4.78 is 25.8. The summed E-state index contributed by atoms with van der Waals surface area (Å²) >= 11 is 0. The molecule has 8 nitrogen and oxygen atoms in total. The van der Waals surface area contributed by atoms with Crippen molar-refractivity contribution in [3.63, 3.8) is 0 Å². The number of hydrogen-bond acceptors (Lipinski definition) is 5. The van der Waals surface area contributed by atoms with Crippen LogP contribution in [0.2, 0.25) is 0 Å². The second-order valence-corrected chi connectivity index (χ2v) is 9.64. The van der Waals surface area contributed by atoms with E-state index in [2.05, 4.69) is 16.0 Å². The summed E-state index contributed by atoms with van der Waals surface area (Å²) in [4.78, 5) is 24.9. The summed E-state index contributed by atoms with van der Waals surface area (Å²) in [6, 6.07) is 23.6. The van der Waals surface area contributed by atoms with Gasteiger partial charge in [0.05, 0.1) is 23.2 Å². The molecule has 0 spiro atoms. The molecule has 0 saturated heterocycles. The lowest BCUT2D eigenvalue weighted by molar-refractivity contribution is -0.119. The highest BCUT2D eigenvalue weighted by molar-refractivity contribution is 7.92. The molecule has 0 aliphatic carbocycles. The van der Waals surface area contributed by atoms with E-state index in [1.54, 1.807) is 24.3 Å². The van der Waals surface area contributed by atoms with Crippen molar-refractivity contribution in [1.82, 2.24) is 5.32 Å². The first kappa shape index (κ1) is 23.1. The van der Waals surface area contributed by atoms with Crippen molar-refractivity contribution < 1.29 is 18.0 Å². The van der Waals surface area contributed by atoms with Crippen molar-refractivity contribution >= 4 is 50.2 Å². The predicted octanol–water partition coefficient (Wildman–Crippen LogP) is 3.13. The largest absolute Gasteiger partial charge is 0.358 e. The molecular weight excluding hydrogens is 452 g/mol. The standard InChI is InChI=1S/C25H24N4O4S/c1-26-22(30)16-29(34(2,32)33)19-12-8-11-18(15-19)27-24(17-9-4-3-5-10-17)23-20-13-6-7-14-21(20)28-25(23)31/h3-15,27H,16H2,1-2H3,(H,26,30)(H,28,31)/b24-23-. The molecule has 2 amide bonds. The zero-order valence-electron chi connectivity index (χ0n) is 18.7. The van der Waals surface area contributed by atoms with Gasteiger partial charge in [-0.05, 0) is 29.8 Å². The molecular formula is C25H24N4O4S. The number of anilines is 3. The highest BCUT2D eigenvalue weighted by Crippen LogP contribution is 2.37. The van der Waals surface area contributed by atoms with Gasteiger partial charge in [0.15, 0.2) is 0 Å². The molecule has 1 heterocycles. The number of hydrogen-bond donors (Lipinski definition) is 3. The Morgan fingerprint density at radius 2 is 1.68 bits per heavy atom. The first-order valence-corrected chi connectivity index (χ1v) is 12.4. The lowest BCUT2D eigenvalue weighted by Crippen LogP contribution is -2.39. The fourth-order valence-electron chi connectivity index (χ4n) is 3.74. The van der Waals surface area contributed by atoms with Gasteiger partial charge in [-0.2, -0.15) is 0 Å². The normalized spacial score (nSPS) is 14.1. The van der Waals surface area contributed by atoms with Crippen LogP contribution in [-0.4, -0.2) is 40.1 Å². The summed E-state index contributed by atoms with van der Waals surface area (Å²) in [6.07, 6.45) is 1.05. The van der Waals surface area contributed by atoms with Crippen LogP contribution in [0.1, 0.15) is 11.1 Å². The Bertz CT molecular complexity index is 1380. The van der Waals surface area contributed by atoms with E-state index < -0.39 is 15.9 Å². The van der Waals surface area contributed by atoms with Gasteiger partial charge in [0, 0.05) is 24.0 Å². The highest BCUT2D eigenvalue weighted by atomic mass is 32.2. The third-order valence-corrected chi connectivity index (χ3v) is 6.49. The first-order valence-electron chi connectivity index (χ1n) is 10.5. The minimum atomic E-state index is -3.72. The molecule has 3 aromatic carbocycles. The number of benzene rings is 3. The van der Waals surface area contributed by atoms with E-state index in [4.69, 9.17) is 0 Å². The molecule has 34 heavy (non-hydrogen) atoms. The van der Waals surface area contributed by atoms with Gasteiger partial charge in [-0.15, -0.1) is 0 Å². The number of amides is 2. The number of para-hydroxylation sites is 1. The van der Waals surface area contributed by atoms with Crippen LogP contribution in [0, 0.1) is 0 Å². The van der Waals surface area contributed by atoms with Crippen LogP contribution >= 0.6 is 0 Å². The molecule has 0 radical (unpaired) electrons. The van der Waals surface area contributed by atoms with Gasteiger partial charge >= 0.3 is 0 Å². The summed E-state index contributed by atoms with van der Waals surface area (Å²) in [5.74, 6) is -0.670. The van der Waals surface area contributed by atoms with Crippen LogP contribution in [0.5, 0.6) is 0 Å². The molecule has 0 bridgehead atoms. The zero-order valence-corrected chi connectivity index (χ0v) is 19.5. The van der Waals surface area contributed by atoms with Crippen LogP contribution < -0.4 is 20.3 Å². The molecule has 0 saturated carbocycles. The number of likely N-dealkylation sites (N-methyl/N-ethyl adjacent to an activating group) is 1. The Balaban J connectivity index is 1.81. The fourth-order valence-corrected chi connectivity index (χ4v) is 4.59. The minimum absolute atomic E-state index is 0.235. The molecule has 9 heteroatoms. The van der Waals surface area contributed by atoms with Crippen LogP contribution in [0.15, 0.2) is 78.9 Å². The number of nitrogens with one attached hydrogen (secondary N) is 3. The van der Waals surface area contributed by atoms with Crippen molar-refractivity contribution in [2.75, 3.05) is 34.8 Å². The number of carbonyl (C=O) groups excluding carboxylic acids is 2. The van der Waals surface area contributed by atoms with Gasteiger partial charge in [0.2, 0.25) is 15.9 Å². The predicted molar refractivity (Wildman–Crippen MR) is 135 cm³/mol. The lowest BCUT2D eigenvalue weighted by atomic mass is 10.00. The molecule has 4 rings (SSSR count). The van der Waals surface area contributed by atoms with E-state index >= 15 is 0 Å². The Morgan fingerprint density at radius 3 is 2.38 bits per heavy atom. The second-order valence-electron chi connectivity index (χ2n) is 7.73. The average Bonchev–Trinajstić information content (AvgIpc) is 3.16. The summed E-state index contributed by atoms with van der Waals surface area (Å²) in [5.41, 5.74) is 4.24. The van der Waals surface area contributed by atoms with Gasteiger partial charge < -0.3 is 16.0 Å². The monoisotopic (exact) mass is 476 g/mol. The molecule has 0 fully saturated rings. The van der Waals surface area contributed by atoms with Crippen LogP contribution in [0.25, 0.3) is 11.3 Å². The second kappa shape index (κ2) is 9.40. The third kappa shape index (κ3) is 4.79. The lowest BCUT2D eigenvalue weighted by Gasteiger charge is -2.22. The number of nitrogens with zero attached hydrogens (tertiary/aromatic N) is 1. The number of sulfonamides is 1. The third-order valence-electron chi connectivity index (χ3n) is 5.35. The van der Waals surface area contributed by atoms with Gasteiger partial charge in [0.1, 0.15) is 6.54 Å². The van der Waals surface area contributed by atoms with E-state index in [1.165, 1.54) is 7.05 Å². The first-order chi connectivity index (χ1) is 16.3. The maximum Gasteiger partial charge on any atom is 0.258 e. The van der Waals surface area contributed by atoms with E-state index in [0.29, 0.717) is 22.6 Å². The van der Waals surface area contributed by atoms with Crippen molar-refractivity contribution in [2.24, 2.45) is 0 Å². The average molecular weight is 477 g/mol. The zero-order chi connectivity index (χ0) is 24.3. The molecule has 3 N–H and O–H groups in total. The van der Waals surface area contributed by atoms with Crippen molar-refractivity contribution in [3.05, 3.63) is 90.0 Å². The molecule has 174 valence electrons. The molecule has 3 aromatic rings. The Hall–Kier alpha value is -4.11. The quantitative estimate of drug-likeness (QED) is 0.454. The van der Waals surface area contributed by atoms with Crippen LogP contribution in [0.3, 0.4) is 0 Å². The number of carbonyl (C=O) groups is 2. The maximum absolute atomic E-state index is 13.0. The Morgan fingerprint density at radius 1 is 0.971 bits per heavy atom. The molecule has 1 aliphatic heterocycles. The topological polar surface area (TPSA) is 108 Å². The van der Waals surface area contributed by atoms with E-state index in [1.807, 2.05) is 54.6 Å². The van der Waals surface area contributed by atoms with Crippen molar-refractivity contribution in [2.45, 2.75) is 0 Å². The van der Waals surface area contributed by atoms with E-state index in [9.17, 15) is 18.0 Å². The SMILES string of the molecule is CNC(=O)CN(c1cccc(N/C(=C2\C(=O)Nc3ccccc32)c2ccccc2)c1)S(C)(=O)=O. The molecule has 0 unspecified atom stereocenters. The van der Waals surface area contributed by atoms with Gasteiger partial charge in [-0.1, -0.05) is 54.6 Å². The number of rotatable bonds is 7. The fraction of sp³-hybridized carbons (Fsp3) is 0.120. The summed E-state index contributed by atoms with van der Waals surface area (Å²) in [7, 11) is -2.27. The number of fused-ring (bicyclic) bond motifs is 1. The summed E-state index contributed by atoms with van der Waals surface area (Å²) in [6.45, 7) is -0.346. The van der Waals surface area contributed by atoms with E-state index in [0.717, 1.165) is 27.4 Å². The van der Waals surface area contributed by atoms with Gasteiger partial charge in [0.25, 0.3) is 5.91 Å². The Labute approximate surface area is 198 Å².